The molecule has 2 aromatic carbocycles. The highest BCUT2D eigenvalue weighted by molar-refractivity contribution is 5.93. The molecule has 8 heteroatoms. The zero-order valence-corrected chi connectivity index (χ0v) is 16.7. The molecule has 156 valence electrons. The summed E-state index contributed by atoms with van der Waals surface area (Å²) in [7, 11) is 1.58. The average molecular weight is 417 g/mol. The van der Waals surface area contributed by atoms with Crippen LogP contribution in [0.1, 0.15) is 10.6 Å². The van der Waals surface area contributed by atoms with Crippen molar-refractivity contribution >= 4 is 16.9 Å². The summed E-state index contributed by atoms with van der Waals surface area (Å²) in [5.74, 6) is 0.109. The third kappa shape index (κ3) is 4.37. The highest BCUT2D eigenvalue weighted by Crippen LogP contribution is 2.19. The Balaban J connectivity index is 1.42. The van der Waals surface area contributed by atoms with E-state index < -0.39 is 5.91 Å². The van der Waals surface area contributed by atoms with Crippen LogP contribution in [0.2, 0.25) is 0 Å². The number of ether oxygens (including phenoxy) is 1. The molecule has 0 radical (unpaired) electrons. The van der Waals surface area contributed by atoms with Crippen LogP contribution < -0.4 is 21.0 Å². The van der Waals surface area contributed by atoms with Crippen LogP contribution in [-0.2, 0) is 6.54 Å². The lowest BCUT2D eigenvalue weighted by molar-refractivity contribution is 0.0925. The molecule has 31 heavy (non-hydrogen) atoms. The van der Waals surface area contributed by atoms with Gasteiger partial charge in [0.05, 0.1) is 24.5 Å². The Morgan fingerprint density at radius 1 is 1.10 bits per heavy atom. The predicted octanol–water partition coefficient (Wildman–Crippen LogP) is 2.46. The minimum atomic E-state index is -0.529. The first kappa shape index (κ1) is 20.1. The van der Waals surface area contributed by atoms with Gasteiger partial charge < -0.3 is 14.5 Å². The maximum atomic E-state index is 12.4. The van der Waals surface area contributed by atoms with Gasteiger partial charge >= 0.3 is 0 Å². The number of aromatic nitrogens is 2. The summed E-state index contributed by atoms with van der Waals surface area (Å²) in [4.78, 5) is 41.2. The molecule has 0 fully saturated rings. The van der Waals surface area contributed by atoms with E-state index in [1.54, 1.807) is 43.5 Å². The summed E-state index contributed by atoms with van der Waals surface area (Å²) in [6.07, 6.45) is 1.43. The van der Waals surface area contributed by atoms with Crippen molar-refractivity contribution in [1.82, 2.24) is 14.9 Å². The summed E-state index contributed by atoms with van der Waals surface area (Å²) in [5.41, 5.74) is 1.15. The fourth-order valence-electron chi connectivity index (χ4n) is 3.11. The first-order chi connectivity index (χ1) is 15.0. The minimum Gasteiger partial charge on any atom is -0.497 e. The molecular weight excluding hydrogens is 398 g/mol. The van der Waals surface area contributed by atoms with Crippen LogP contribution >= 0.6 is 0 Å². The molecule has 0 aliphatic rings. The molecule has 1 N–H and O–H groups in total. The number of carbonyl (C=O) groups is 1. The Hall–Kier alpha value is -4.20. The van der Waals surface area contributed by atoms with Crippen molar-refractivity contribution in [3.63, 3.8) is 0 Å². The number of methoxy groups -OCH3 is 1. The van der Waals surface area contributed by atoms with E-state index in [2.05, 4.69) is 10.3 Å². The van der Waals surface area contributed by atoms with Gasteiger partial charge in [-0.25, -0.2) is 4.98 Å². The number of amides is 1. The predicted molar refractivity (Wildman–Crippen MR) is 115 cm³/mol. The van der Waals surface area contributed by atoms with Crippen LogP contribution in [0.15, 0.2) is 81.0 Å². The number of hydrogen-bond donors (Lipinski definition) is 1. The van der Waals surface area contributed by atoms with Crippen molar-refractivity contribution in [2.24, 2.45) is 0 Å². The van der Waals surface area contributed by atoms with E-state index in [1.807, 2.05) is 12.1 Å². The lowest BCUT2D eigenvalue weighted by Gasteiger charge is -2.08. The zero-order chi connectivity index (χ0) is 21.8. The van der Waals surface area contributed by atoms with E-state index >= 15 is 0 Å². The molecule has 0 saturated carbocycles. The van der Waals surface area contributed by atoms with Crippen LogP contribution in [0.4, 0.5) is 0 Å². The number of hydrogen-bond acceptors (Lipinski definition) is 6. The molecule has 0 bridgehead atoms. The Kier molecular flexibility index (Phi) is 5.61. The standard InChI is InChI=1S/C23H19N3O5/c1-30-16-8-6-15(7-9-16)18-12-22(28)26(14-25-18)11-10-24-23(29)21-13-19(27)17-4-2-3-5-20(17)31-21/h2-9,12-14H,10-11H2,1H3,(H,24,29). The van der Waals surface area contributed by atoms with Crippen LogP contribution in [0.5, 0.6) is 5.75 Å². The van der Waals surface area contributed by atoms with Gasteiger partial charge in [0.25, 0.3) is 11.5 Å². The average Bonchev–Trinajstić information content (AvgIpc) is 2.80. The van der Waals surface area contributed by atoms with E-state index in [0.717, 1.165) is 17.4 Å². The second-order valence-corrected chi connectivity index (χ2v) is 6.76. The largest absolute Gasteiger partial charge is 0.497 e. The van der Waals surface area contributed by atoms with Crippen molar-refractivity contribution < 1.29 is 13.9 Å². The van der Waals surface area contributed by atoms with Crippen LogP contribution in [0.25, 0.3) is 22.2 Å². The Bertz CT molecular complexity index is 1360. The summed E-state index contributed by atoms with van der Waals surface area (Å²) in [5, 5.41) is 3.06. The van der Waals surface area contributed by atoms with Crippen molar-refractivity contribution in [2.75, 3.05) is 13.7 Å². The molecule has 0 saturated heterocycles. The molecule has 1 amide bonds. The SMILES string of the molecule is COc1ccc(-c2cc(=O)n(CCNC(=O)c3cc(=O)c4ccccc4o3)cn2)cc1. The van der Waals surface area contributed by atoms with Gasteiger partial charge in [0.15, 0.2) is 11.2 Å². The van der Waals surface area contributed by atoms with Crippen molar-refractivity contribution in [2.45, 2.75) is 6.54 Å². The van der Waals surface area contributed by atoms with Crippen molar-refractivity contribution in [1.29, 1.82) is 0 Å². The third-order valence-electron chi connectivity index (χ3n) is 4.76. The fourth-order valence-corrected chi connectivity index (χ4v) is 3.11. The molecule has 0 aliphatic carbocycles. The van der Waals surface area contributed by atoms with E-state index in [1.165, 1.54) is 17.0 Å². The summed E-state index contributed by atoms with van der Waals surface area (Å²) >= 11 is 0. The molecule has 0 unspecified atom stereocenters. The summed E-state index contributed by atoms with van der Waals surface area (Å²) in [6.45, 7) is 0.386. The van der Waals surface area contributed by atoms with Gasteiger partial charge in [-0.2, -0.15) is 0 Å². The molecule has 8 nitrogen and oxygen atoms in total. The van der Waals surface area contributed by atoms with Crippen LogP contribution in [0.3, 0.4) is 0 Å². The molecule has 0 atom stereocenters. The van der Waals surface area contributed by atoms with Crippen molar-refractivity contribution in [3.05, 3.63) is 93.3 Å². The fraction of sp³-hybridized carbons (Fsp3) is 0.130. The summed E-state index contributed by atoms with van der Waals surface area (Å²) < 4.78 is 12.0. The first-order valence-corrected chi connectivity index (χ1v) is 9.57. The van der Waals surface area contributed by atoms with E-state index in [9.17, 15) is 14.4 Å². The molecule has 2 aromatic heterocycles. The van der Waals surface area contributed by atoms with Gasteiger partial charge in [-0.1, -0.05) is 12.1 Å². The van der Waals surface area contributed by atoms with E-state index in [0.29, 0.717) is 16.7 Å². The highest BCUT2D eigenvalue weighted by Gasteiger charge is 2.12. The van der Waals surface area contributed by atoms with Gasteiger partial charge in [-0.3, -0.25) is 19.0 Å². The number of para-hydroxylation sites is 1. The maximum Gasteiger partial charge on any atom is 0.287 e. The van der Waals surface area contributed by atoms with Gasteiger partial charge in [0, 0.05) is 30.8 Å². The van der Waals surface area contributed by atoms with Crippen LogP contribution in [0, 0.1) is 0 Å². The Morgan fingerprint density at radius 2 is 1.87 bits per heavy atom. The monoisotopic (exact) mass is 417 g/mol. The molecule has 0 aliphatic heterocycles. The van der Waals surface area contributed by atoms with Gasteiger partial charge in [-0.05, 0) is 36.4 Å². The number of rotatable bonds is 6. The number of carbonyl (C=O) groups excluding carboxylic acids is 1. The van der Waals surface area contributed by atoms with Gasteiger partial charge in [0.2, 0.25) is 0 Å². The van der Waals surface area contributed by atoms with Crippen molar-refractivity contribution in [3.8, 4) is 17.0 Å². The number of fused-ring (bicyclic) bond motifs is 1. The lowest BCUT2D eigenvalue weighted by atomic mass is 10.1. The topological polar surface area (TPSA) is 103 Å². The maximum absolute atomic E-state index is 12.4. The summed E-state index contributed by atoms with van der Waals surface area (Å²) in [6, 6.07) is 16.5. The quantitative estimate of drug-likeness (QED) is 0.517. The second kappa shape index (κ2) is 8.66. The second-order valence-electron chi connectivity index (χ2n) is 6.76. The molecular formula is C23H19N3O5. The van der Waals surface area contributed by atoms with Gasteiger partial charge in [-0.15, -0.1) is 0 Å². The lowest BCUT2D eigenvalue weighted by Crippen LogP contribution is -2.31. The number of nitrogens with one attached hydrogen (secondary N) is 1. The first-order valence-electron chi connectivity index (χ1n) is 9.57. The molecule has 4 rings (SSSR count). The van der Waals surface area contributed by atoms with Gasteiger partial charge in [0.1, 0.15) is 11.3 Å². The highest BCUT2D eigenvalue weighted by atomic mass is 16.5. The Labute approximate surface area is 176 Å². The van der Waals surface area contributed by atoms with E-state index in [-0.39, 0.29) is 29.8 Å². The number of nitrogens with zero attached hydrogens (tertiary/aromatic N) is 2. The zero-order valence-electron chi connectivity index (χ0n) is 16.7. The van der Waals surface area contributed by atoms with E-state index in [4.69, 9.17) is 9.15 Å². The minimum absolute atomic E-state index is 0.0796. The number of benzene rings is 2. The molecule has 4 aromatic rings. The van der Waals surface area contributed by atoms with Crippen LogP contribution in [-0.4, -0.2) is 29.1 Å². The normalized spacial score (nSPS) is 10.7. The smallest absolute Gasteiger partial charge is 0.287 e. The molecule has 0 spiro atoms. The third-order valence-corrected chi connectivity index (χ3v) is 4.76. The molecule has 2 heterocycles. The Morgan fingerprint density at radius 3 is 2.61 bits per heavy atom.